The van der Waals surface area contributed by atoms with E-state index in [1.807, 2.05) is 13.8 Å². The predicted octanol–water partition coefficient (Wildman–Crippen LogP) is 2.89. The molecule has 20 heavy (non-hydrogen) atoms. The molecule has 7 heteroatoms. The first-order chi connectivity index (χ1) is 9.24. The Morgan fingerprint density at radius 1 is 1.35 bits per heavy atom. The molecule has 0 aliphatic carbocycles. The largest absolute Gasteiger partial charge is 0.333 e. The van der Waals surface area contributed by atoms with Crippen molar-refractivity contribution in [2.45, 2.75) is 32.2 Å². The van der Waals surface area contributed by atoms with Crippen molar-refractivity contribution in [3.8, 4) is 0 Å². The summed E-state index contributed by atoms with van der Waals surface area (Å²) in [7, 11) is 0. The van der Waals surface area contributed by atoms with E-state index in [0.29, 0.717) is 18.7 Å². The molecule has 108 valence electrons. The molecule has 0 N–H and O–H groups in total. The van der Waals surface area contributed by atoms with Gasteiger partial charge < -0.3 is 4.90 Å². The second-order valence-electron chi connectivity index (χ2n) is 5.41. The van der Waals surface area contributed by atoms with Gasteiger partial charge in [0.2, 0.25) is 0 Å². The Morgan fingerprint density at radius 2 is 1.95 bits per heavy atom. The molecule has 0 unspecified atom stereocenters. The molecule has 0 saturated carbocycles. The van der Waals surface area contributed by atoms with Gasteiger partial charge in [-0.2, -0.15) is 0 Å². The van der Waals surface area contributed by atoms with Gasteiger partial charge in [-0.15, -0.1) is 0 Å². The van der Waals surface area contributed by atoms with Crippen LogP contribution in [-0.4, -0.2) is 27.8 Å². The summed E-state index contributed by atoms with van der Waals surface area (Å²) >= 11 is 0. The second kappa shape index (κ2) is 4.81. The van der Waals surface area contributed by atoms with Crippen LogP contribution in [0, 0.1) is 21.7 Å². The number of carbonyl (C=O) groups is 1. The summed E-state index contributed by atoms with van der Waals surface area (Å²) in [4.78, 5) is 23.9. The second-order valence-corrected chi connectivity index (χ2v) is 5.41. The third-order valence-corrected chi connectivity index (χ3v) is 3.61. The normalized spacial score (nSPS) is 17.3. The minimum atomic E-state index is -1.34. The fourth-order valence-corrected chi connectivity index (χ4v) is 2.49. The van der Waals surface area contributed by atoms with Crippen LogP contribution in [0.15, 0.2) is 12.1 Å². The van der Waals surface area contributed by atoms with E-state index >= 15 is 0 Å². The van der Waals surface area contributed by atoms with Crippen LogP contribution in [0.5, 0.6) is 0 Å². The molecule has 1 heterocycles. The van der Waals surface area contributed by atoms with Crippen molar-refractivity contribution < 1.29 is 18.5 Å². The number of hydrogen-bond acceptors (Lipinski definition) is 3. The van der Waals surface area contributed by atoms with Gasteiger partial charge in [0.25, 0.3) is 11.6 Å². The van der Waals surface area contributed by atoms with Crippen LogP contribution in [0.1, 0.15) is 37.0 Å². The maximum Gasteiger partial charge on any atom is 0.285 e. The number of hydrogen-bond donors (Lipinski definition) is 0. The van der Waals surface area contributed by atoms with Crippen molar-refractivity contribution in [1.29, 1.82) is 0 Å². The highest BCUT2D eigenvalue weighted by molar-refractivity contribution is 5.98. The molecule has 0 spiro atoms. The van der Waals surface area contributed by atoms with Gasteiger partial charge in [-0.05, 0) is 32.8 Å². The van der Waals surface area contributed by atoms with E-state index in [0.717, 1.165) is 12.8 Å². The SMILES string of the molecule is CC1(C)CCCN1C(=O)c1cc(F)c(F)cc1[N+](=O)[O-]. The Morgan fingerprint density at radius 3 is 2.45 bits per heavy atom. The van der Waals surface area contributed by atoms with Crippen LogP contribution in [0.4, 0.5) is 14.5 Å². The average Bonchev–Trinajstić information content (AvgIpc) is 2.70. The first-order valence-corrected chi connectivity index (χ1v) is 6.19. The number of nitrogens with zero attached hydrogens (tertiary/aromatic N) is 2. The lowest BCUT2D eigenvalue weighted by Crippen LogP contribution is -2.42. The number of rotatable bonds is 2. The molecule has 1 aromatic carbocycles. The lowest BCUT2D eigenvalue weighted by atomic mass is 10.0. The molecule has 0 aromatic heterocycles. The van der Waals surface area contributed by atoms with Crippen LogP contribution < -0.4 is 0 Å². The molecule has 0 radical (unpaired) electrons. The average molecular weight is 284 g/mol. The van der Waals surface area contributed by atoms with E-state index in [4.69, 9.17) is 0 Å². The molecular formula is C13H14F2N2O3. The van der Waals surface area contributed by atoms with Gasteiger partial charge in [0.15, 0.2) is 11.6 Å². The summed E-state index contributed by atoms with van der Waals surface area (Å²) in [5, 5.41) is 10.9. The van der Waals surface area contributed by atoms with Crippen LogP contribution in [0.25, 0.3) is 0 Å². The quantitative estimate of drug-likeness (QED) is 0.619. The fourth-order valence-electron chi connectivity index (χ4n) is 2.49. The fraction of sp³-hybridized carbons (Fsp3) is 0.462. The van der Waals surface area contributed by atoms with Gasteiger partial charge in [0.1, 0.15) is 5.56 Å². The maximum atomic E-state index is 13.3. The zero-order valence-electron chi connectivity index (χ0n) is 11.2. The molecule has 1 aromatic rings. The number of amides is 1. The number of likely N-dealkylation sites (tertiary alicyclic amines) is 1. The van der Waals surface area contributed by atoms with Gasteiger partial charge in [0.05, 0.1) is 11.0 Å². The predicted molar refractivity (Wildman–Crippen MR) is 67.4 cm³/mol. The van der Waals surface area contributed by atoms with E-state index < -0.39 is 39.3 Å². The Labute approximate surface area is 114 Å². The summed E-state index contributed by atoms with van der Waals surface area (Å²) in [6.07, 6.45) is 1.53. The van der Waals surface area contributed by atoms with Crippen molar-refractivity contribution in [3.63, 3.8) is 0 Å². The van der Waals surface area contributed by atoms with Crippen LogP contribution in [-0.2, 0) is 0 Å². The summed E-state index contributed by atoms with van der Waals surface area (Å²) in [6, 6.07) is 1.05. The molecule has 1 amide bonds. The summed E-state index contributed by atoms with van der Waals surface area (Å²) < 4.78 is 26.4. The number of nitro groups is 1. The topological polar surface area (TPSA) is 63.5 Å². The molecule has 1 aliphatic heterocycles. The number of carbonyl (C=O) groups excluding carboxylic acids is 1. The first kappa shape index (κ1) is 14.4. The van der Waals surface area contributed by atoms with Gasteiger partial charge in [0, 0.05) is 12.1 Å². The van der Waals surface area contributed by atoms with Gasteiger partial charge >= 0.3 is 0 Å². The minimum absolute atomic E-state index is 0.413. The molecule has 0 atom stereocenters. The molecule has 0 bridgehead atoms. The Bertz CT molecular complexity index is 587. The van der Waals surface area contributed by atoms with Crippen molar-refractivity contribution in [2.24, 2.45) is 0 Å². The Hall–Kier alpha value is -2.05. The standard InChI is InChI=1S/C13H14F2N2O3/c1-13(2)4-3-5-16(13)12(18)8-6-9(14)10(15)7-11(8)17(19)20/h6-7H,3-5H2,1-2H3. The lowest BCUT2D eigenvalue weighted by Gasteiger charge is -2.31. The van der Waals surface area contributed by atoms with Gasteiger partial charge in [-0.1, -0.05) is 0 Å². The van der Waals surface area contributed by atoms with E-state index in [1.54, 1.807) is 0 Å². The highest BCUT2D eigenvalue weighted by Crippen LogP contribution is 2.32. The number of benzene rings is 1. The van der Waals surface area contributed by atoms with E-state index in [-0.39, 0.29) is 0 Å². The first-order valence-electron chi connectivity index (χ1n) is 6.19. The van der Waals surface area contributed by atoms with Crippen LogP contribution >= 0.6 is 0 Å². The molecule has 1 aliphatic rings. The molecule has 5 nitrogen and oxygen atoms in total. The lowest BCUT2D eigenvalue weighted by molar-refractivity contribution is -0.385. The summed E-state index contributed by atoms with van der Waals surface area (Å²) in [6.45, 7) is 4.12. The molecule has 2 rings (SSSR count). The van der Waals surface area contributed by atoms with Crippen molar-refractivity contribution in [2.75, 3.05) is 6.54 Å². The van der Waals surface area contributed by atoms with Crippen LogP contribution in [0.3, 0.4) is 0 Å². The highest BCUT2D eigenvalue weighted by atomic mass is 19.2. The Balaban J connectivity index is 2.49. The Kier molecular flexibility index (Phi) is 3.45. The zero-order valence-corrected chi connectivity index (χ0v) is 11.2. The van der Waals surface area contributed by atoms with Crippen molar-refractivity contribution >= 4 is 11.6 Å². The van der Waals surface area contributed by atoms with Crippen molar-refractivity contribution in [3.05, 3.63) is 39.4 Å². The molecule has 1 fully saturated rings. The third-order valence-electron chi connectivity index (χ3n) is 3.61. The van der Waals surface area contributed by atoms with Crippen molar-refractivity contribution in [1.82, 2.24) is 4.90 Å². The van der Waals surface area contributed by atoms with Crippen LogP contribution in [0.2, 0.25) is 0 Å². The number of nitro benzene ring substituents is 1. The van der Waals surface area contributed by atoms with E-state index in [1.165, 1.54) is 4.90 Å². The van der Waals surface area contributed by atoms with E-state index in [9.17, 15) is 23.7 Å². The monoisotopic (exact) mass is 284 g/mol. The maximum absolute atomic E-state index is 13.3. The van der Waals surface area contributed by atoms with Gasteiger partial charge in [-0.3, -0.25) is 14.9 Å². The summed E-state index contributed by atoms with van der Waals surface area (Å²) in [5.74, 6) is -3.25. The smallest absolute Gasteiger partial charge is 0.285 e. The number of halogens is 2. The molecule has 1 saturated heterocycles. The highest BCUT2D eigenvalue weighted by Gasteiger charge is 2.38. The minimum Gasteiger partial charge on any atom is -0.333 e. The van der Waals surface area contributed by atoms with Gasteiger partial charge in [-0.25, -0.2) is 8.78 Å². The van der Waals surface area contributed by atoms with E-state index in [2.05, 4.69) is 0 Å². The third kappa shape index (κ3) is 2.35. The zero-order chi connectivity index (χ0) is 15.1. The summed E-state index contributed by atoms with van der Waals surface area (Å²) in [5.41, 5.74) is -1.57. The molecular weight excluding hydrogens is 270 g/mol.